The van der Waals surface area contributed by atoms with Crippen LogP contribution in [-0.4, -0.2) is 37.0 Å². The van der Waals surface area contributed by atoms with E-state index in [-0.39, 0.29) is 17.5 Å². The Morgan fingerprint density at radius 3 is 2.78 bits per heavy atom. The van der Waals surface area contributed by atoms with Gasteiger partial charge in [-0.1, -0.05) is 15.9 Å². The fraction of sp³-hybridized carbons (Fsp3) is 0.455. The highest BCUT2D eigenvalue weighted by Gasteiger charge is 2.35. The molecule has 18 heavy (non-hydrogen) atoms. The van der Waals surface area contributed by atoms with Crippen LogP contribution in [0, 0.1) is 0 Å². The second kappa shape index (κ2) is 5.58. The lowest BCUT2D eigenvalue weighted by atomic mass is 10.2. The Balaban J connectivity index is 2.45. The molecule has 0 radical (unpaired) electrons. The second-order valence-corrected chi connectivity index (χ2v) is 7.80. The summed E-state index contributed by atoms with van der Waals surface area (Å²) in [6, 6.07) is 4.74. The summed E-state index contributed by atoms with van der Waals surface area (Å²) in [5.41, 5.74) is 0. The number of aliphatic hydroxyl groups is 1. The molecule has 1 heterocycles. The molecule has 4 nitrogen and oxygen atoms in total. The number of hydrogen-bond donors (Lipinski definition) is 1. The predicted octanol–water partition coefficient (Wildman–Crippen LogP) is 2.36. The summed E-state index contributed by atoms with van der Waals surface area (Å²) >= 11 is 6.54. The molecule has 1 aliphatic rings. The van der Waals surface area contributed by atoms with E-state index in [2.05, 4.69) is 31.9 Å². The van der Waals surface area contributed by atoms with Crippen molar-refractivity contribution < 1.29 is 13.5 Å². The molecule has 1 aromatic carbocycles. The summed E-state index contributed by atoms with van der Waals surface area (Å²) in [7, 11) is -3.56. The van der Waals surface area contributed by atoms with Crippen LogP contribution in [0.2, 0.25) is 0 Å². The molecule has 1 atom stereocenters. The van der Waals surface area contributed by atoms with Crippen LogP contribution in [0.5, 0.6) is 0 Å². The molecule has 0 aliphatic carbocycles. The Hall–Kier alpha value is 0.0500. The van der Waals surface area contributed by atoms with Crippen molar-refractivity contribution in [3.8, 4) is 0 Å². The van der Waals surface area contributed by atoms with Crippen molar-refractivity contribution in [2.45, 2.75) is 23.8 Å². The first-order valence-corrected chi connectivity index (χ1v) is 8.57. The number of benzene rings is 1. The molecule has 0 amide bonds. The molecule has 0 aromatic heterocycles. The number of sulfonamides is 1. The SMILES string of the molecule is O=S(=O)(c1cc(Br)ccc1Br)N1CCCC1CO. The number of aliphatic hydroxyl groups excluding tert-OH is 1. The smallest absolute Gasteiger partial charge is 0.244 e. The normalized spacial score (nSPS) is 21.4. The molecule has 2 rings (SSSR count). The summed E-state index contributed by atoms with van der Waals surface area (Å²) in [5, 5.41) is 9.24. The van der Waals surface area contributed by atoms with Gasteiger partial charge in [-0.25, -0.2) is 8.42 Å². The quantitative estimate of drug-likeness (QED) is 0.850. The molecule has 1 unspecified atom stereocenters. The lowest BCUT2D eigenvalue weighted by Crippen LogP contribution is -2.37. The Kier molecular flexibility index (Phi) is 4.48. The highest BCUT2D eigenvalue weighted by atomic mass is 79.9. The maximum absolute atomic E-state index is 12.5. The second-order valence-electron chi connectivity index (χ2n) is 4.17. The topological polar surface area (TPSA) is 57.6 Å². The van der Waals surface area contributed by atoms with E-state index in [0.29, 0.717) is 21.9 Å². The maximum atomic E-state index is 12.5. The van der Waals surface area contributed by atoms with Gasteiger partial charge in [0.05, 0.1) is 11.5 Å². The van der Waals surface area contributed by atoms with Gasteiger partial charge in [-0.2, -0.15) is 4.31 Å². The highest BCUT2D eigenvalue weighted by molar-refractivity contribution is 9.11. The molecule has 7 heteroatoms. The van der Waals surface area contributed by atoms with E-state index < -0.39 is 10.0 Å². The Morgan fingerprint density at radius 2 is 2.11 bits per heavy atom. The van der Waals surface area contributed by atoms with Crippen LogP contribution in [0.3, 0.4) is 0 Å². The zero-order valence-electron chi connectivity index (χ0n) is 9.51. The van der Waals surface area contributed by atoms with Crippen molar-refractivity contribution in [1.82, 2.24) is 4.31 Å². The molecule has 0 spiro atoms. The summed E-state index contributed by atoms with van der Waals surface area (Å²) in [6.07, 6.45) is 1.50. The third kappa shape index (κ3) is 2.65. The van der Waals surface area contributed by atoms with Crippen molar-refractivity contribution in [1.29, 1.82) is 0 Å². The largest absolute Gasteiger partial charge is 0.395 e. The maximum Gasteiger partial charge on any atom is 0.244 e. The van der Waals surface area contributed by atoms with Gasteiger partial charge in [0.2, 0.25) is 10.0 Å². The van der Waals surface area contributed by atoms with Crippen molar-refractivity contribution in [2.24, 2.45) is 0 Å². The third-order valence-electron chi connectivity index (χ3n) is 3.01. The first-order chi connectivity index (χ1) is 8.46. The van der Waals surface area contributed by atoms with Crippen molar-refractivity contribution in [3.05, 3.63) is 27.1 Å². The minimum atomic E-state index is -3.56. The molecule has 1 saturated heterocycles. The zero-order valence-corrected chi connectivity index (χ0v) is 13.5. The minimum Gasteiger partial charge on any atom is -0.395 e. The Bertz CT molecular complexity index is 547. The zero-order chi connectivity index (χ0) is 13.3. The van der Waals surface area contributed by atoms with Crippen LogP contribution in [0.4, 0.5) is 0 Å². The molecular formula is C11H13Br2NO3S. The minimum absolute atomic E-state index is 0.134. The molecule has 0 bridgehead atoms. The fourth-order valence-electron chi connectivity index (χ4n) is 2.11. The van der Waals surface area contributed by atoms with Gasteiger partial charge in [0.15, 0.2) is 0 Å². The van der Waals surface area contributed by atoms with Gasteiger partial charge >= 0.3 is 0 Å². The van der Waals surface area contributed by atoms with E-state index in [4.69, 9.17) is 0 Å². The van der Waals surface area contributed by atoms with Gasteiger partial charge in [0.1, 0.15) is 0 Å². The summed E-state index contributed by atoms with van der Waals surface area (Å²) in [5.74, 6) is 0. The molecule has 1 aromatic rings. The van der Waals surface area contributed by atoms with Crippen LogP contribution < -0.4 is 0 Å². The van der Waals surface area contributed by atoms with E-state index in [9.17, 15) is 13.5 Å². The predicted molar refractivity (Wildman–Crippen MR) is 75.8 cm³/mol. The Morgan fingerprint density at radius 1 is 1.39 bits per heavy atom. The first kappa shape index (κ1) is 14.5. The van der Waals surface area contributed by atoms with Gasteiger partial charge in [-0.3, -0.25) is 0 Å². The lowest BCUT2D eigenvalue weighted by Gasteiger charge is -2.23. The molecular weight excluding hydrogens is 386 g/mol. The monoisotopic (exact) mass is 397 g/mol. The highest BCUT2D eigenvalue weighted by Crippen LogP contribution is 2.31. The van der Waals surface area contributed by atoms with Gasteiger partial charge in [-0.05, 0) is 47.0 Å². The van der Waals surface area contributed by atoms with Gasteiger partial charge in [-0.15, -0.1) is 0 Å². The van der Waals surface area contributed by atoms with Crippen LogP contribution in [0.1, 0.15) is 12.8 Å². The number of hydrogen-bond acceptors (Lipinski definition) is 3. The van der Waals surface area contributed by atoms with Gasteiger partial charge in [0.25, 0.3) is 0 Å². The van der Waals surface area contributed by atoms with Crippen molar-refractivity contribution in [3.63, 3.8) is 0 Å². The van der Waals surface area contributed by atoms with Crippen LogP contribution in [0.25, 0.3) is 0 Å². The van der Waals surface area contributed by atoms with E-state index in [1.54, 1.807) is 18.2 Å². The number of nitrogens with zero attached hydrogens (tertiary/aromatic N) is 1. The standard InChI is InChI=1S/C11H13Br2NO3S/c12-8-3-4-10(13)11(6-8)18(16,17)14-5-1-2-9(14)7-15/h3-4,6,9,15H,1-2,5,7H2. The summed E-state index contributed by atoms with van der Waals surface area (Å²) < 4.78 is 27.7. The summed E-state index contributed by atoms with van der Waals surface area (Å²) in [6.45, 7) is 0.331. The first-order valence-electron chi connectivity index (χ1n) is 5.54. The van der Waals surface area contributed by atoms with E-state index in [0.717, 1.165) is 6.42 Å². The molecule has 1 N–H and O–H groups in total. The lowest BCUT2D eigenvalue weighted by molar-refractivity contribution is 0.213. The number of rotatable bonds is 3. The third-order valence-corrected chi connectivity index (χ3v) is 6.45. The number of halogens is 2. The van der Waals surface area contributed by atoms with E-state index in [1.807, 2.05) is 0 Å². The average molecular weight is 399 g/mol. The van der Waals surface area contributed by atoms with Crippen molar-refractivity contribution in [2.75, 3.05) is 13.2 Å². The van der Waals surface area contributed by atoms with Gasteiger partial charge < -0.3 is 5.11 Å². The molecule has 0 saturated carbocycles. The molecule has 100 valence electrons. The molecule has 1 fully saturated rings. The Labute approximate surface area is 123 Å². The van der Waals surface area contributed by atoms with E-state index in [1.165, 1.54) is 4.31 Å². The van der Waals surface area contributed by atoms with Crippen molar-refractivity contribution >= 4 is 41.9 Å². The van der Waals surface area contributed by atoms with Crippen LogP contribution in [-0.2, 0) is 10.0 Å². The fourth-order valence-corrected chi connectivity index (χ4v) is 5.26. The molecule has 1 aliphatic heterocycles. The van der Waals surface area contributed by atoms with E-state index >= 15 is 0 Å². The van der Waals surface area contributed by atoms with Crippen LogP contribution in [0.15, 0.2) is 32.0 Å². The summed E-state index contributed by atoms with van der Waals surface area (Å²) in [4.78, 5) is 0.234. The van der Waals surface area contributed by atoms with Crippen LogP contribution >= 0.6 is 31.9 Å². The van der Waals surface area contributed by atoms with Gasteiger partial charge in [0, 0.05) is 21.5 Å². The average Bonchev–Trinajstić information content (AvgIpc) is 2.81.